The number of carbonyl (C=O) groups excluding carboxylic acids is 1. The normalized spacial score (nSPS) is 18.4. The second-order valence-electron chi connectivity index (χ2n) is 6.05. The molecule has 0 atom stereocenters. The van der Waals surface area contributed by atoms with Gasteiger partial charge in [0, 0.05) is 19.1 Å². The molecule has 0 aromatic rings. The van der Waals surface area contributed by atoms with E-state index in [0.717, 1.165) is 19.3 Å². The van der Waals surface area contributed by atoms with Crippen molar-refractivity contribution in [3.05, 3.63) is 11.6 Å². The highest BCUT2D eigenvalue weighted by Crippen LogP contribution is 2.26. The molecule has 118 valence electrons. The van der Waals surface area contributed by atoms with Gasteiger partial charge in [0.1, 0.15) is 0 Å². The van der Waals surface area contributed by atoms with Crippen molar-refractivity contribution < 1.29 is 14.7 Å². The molecule has 21 heavy (non-hydrogen) atoms. The van der Waals surface area contributed by atoms with E-state index in [-0.39, 0.29) is 12.3 Å². The largest absolute Gasteiger partial charge is 0.481 e. The van der Waals surface area contributed by atoms with Crippen LogP contribution in [0.3, 0.4) is 0 Å². The van der Waals surface area contributed by atoms with Gasteiger partial charge in [-0.2, -0.15) is 0 Å². The third-order valence-corrected chi connectivity index (χ3v) is 4.18. The number of aliphatic carboxylic acids is 1. The van der Waals surface area contributed by atoms with E-state index in [1.54, 1.807) is 0 Å². The van der Waals surface area contributed by atoms with Crippen LogP contribution in [0.15, 0.2) is 11.6 Å². The van der Waals surface area contributed by atoms with Crippen molar-refractivity contribution in [3.63, 3.8) is 0 Å². The van der Waals surface area contributed by atoms with Gasteiger partial charge in [-0.3, -0.25) is 14.5 Å². The van der Waals surface area contributed by atoms with Crippen LogP contribution < -0.4 is 5.32 Å². The molecule has 5 heteroatoms. The van der Waals surface area contributed by atoms with E-state index < -0.39 is 5.97 Å². The third kappa shape index (κ3) is 6.29. The Morgan fingerprint density at radius 2 is 2.14 bits per heavy atom. The van der Waals surface area contributed by atoms with Crippen LogP contribution in [0.1, 0.15) is 51.4 Å². The van der Waals surface area contributed by atoms with Gasteiger partial charge in [0.15, 0.2) is 0 Å². The van der Waals surface area contributed by atoms with Crippen molar-refractivity contribution in [3.8, 4) is 0 Å². The topological polar surface area (TPSA) is 69.6 Å². The summed E-state index contributed by atoms with van der Waals surface area (Å²) in [6, 6.07) is 0.413. The maximum absolute atomic E-state index is 12.0. The molecule has 1 fully saturated rings. The summed E-state index contributed by atoms with van der Waals surface area (Å²) in [5.41, 5.74) is 1.46. The zero-order valence-corrected chi connectivity index (χ0v) is 12.6. The summed E-state index contributed by atoms with van der Waals surface area (Å²) in [7, 11) is 0. The van der Waals surface area contributed by atoms with E-state index in [0.29, 0.717) is 25.7 Å². The number of nitrogens with one attached hydrogen (secondary N) is 1. The molecule has 0 bridgehead atoms. The van der Waals surface area contributed by atoms with Gasteiger partial charge in [-0.05, 0) is 44.9 Å². The van der Waals surface area contributed by atoms with Gasteiger partial charge in [0.2, 0.25) is 5.91 Å². The van der Waals surface area contributed by atoms with Gasteiger partial charge in [-0.1, -0.05) is 11.6 Å². The van der Waals surface area contributed by atoms with Crippen molar-refractivity contribution >= 4 is 11.9 Å². The van der Waals surface area contributed by atoms with Crippen LogP contribution in [0.4, 0.5) is 0 Å². The maximum atomic E-state index is 12.0. The van der Waals surface area contributed by atoms with Gasteiger partial charge in [0.25, 0.3) is 0 Å². The van der Waals surface area contributed by atoms with E-state index >= 15 is 0 Å². The van der Waals surface area contributed by atoms with Crippen molar-refractivity contribution in [2.45, 2.75) is 57.4 Å². The first kappa shape index (κ1) is 16.0. The second kappa shape index (κ2) is 8.17. The smallest absolute Gasteiger partial charge is 0.304 e. The number of allylic oxidation sites excluding steroid dienone is 1. The number of carboxylic acids is 1. The van der Waals surface area contributed by atoms with Crippen molar-refractivity contribution in [1.29, 1.82) is 0 Å². The number of hydrogen-bond acceptors (Lipinski definition) is 3. The molecule has 2 aliphatic carbocycles. The summed E-state index contributed by atoms with van der Waals surface area (Å²) in [4.78, 5) is 24.6. The molecule has 0 radical (unpaired) electrons. The Morgan fingerprint density at radius 1 is 1.33 bits per heavy atom. The first-order valence-electron chi connectivity index (χ1n) is 8.05. The molecular formula is C16H26N2O3. The Morgan fingerprint density at radius 3 is 2.76 bits per heavy atom. The lowest BCUT2D eigenvalue weighted by atomic mass is 9.97. The molecule has 0 aliphatic heterocycles. The molecule has 0 heterocycles. The number of nitrogens with zero attached hydrogens (tertiary/aromatic N) is 1. The molecule has 1 amide bonds. The highest BCUT2D eigenvalue weighted by molar-refractivity contribution is 5.78. The van der Waals surface area contributed by atoms with Crippen molar-refractivity contribution in [2.75, 3.05) is 19.6 Å². The standard InChI is InChI=1S/C16H26N2O3/c19-15(17-10-8-13-4-2-1-3-5-13)12-18(14-6-7-14)11-9-16(20)21/h4,14H,1-3,5-12H2,(H,17,19)(H,20,21). The fourth-order valence-electron chi connectivity index (χ4n) is 2.80. The monoisotopic (exact) mass is 294 g/mol. The highest BCUT2D eigenvalue weighted by Gasteiger charge is 2.30. The molecule has 0 aromatic heterocycles. The lowest BCUT2D eigenvalue weighted by molar-refractivity contribution is -0.137. The molecule has 0 spiro atoms. The van der Waals surface area contributed by atoms with E-state index in [9.17, 15) is 9.59 Å². The van der Waals surface area contributed by atoms with Gasteiger partial charge >= 0.3 is 5.97 Å². The van der Waals surface area contributed by atoms with Gasteiger partial charge in [-0.25, -0.2) is 0 Å². The van der Waals surface area contributed by atoms with Crippen molar-refractivity contribution in [1.82, 2.24) is 10.2 Å². The predicted octanol–water partition coefficient (Wildman–Crippen LogP) is 1.93. The minimum atomic E-state index is -0.801. The molecule has 0 saturated heterocycles. The lowest BCUT2D eigenvalue weighted by Crippen LogP contribution is -2.39. The van der Waals surface area contributed by atoms with Crippen LogP contribution in [0, 0.1) is 0 Å². The summed E-state index contributed by atoms with van der Waals surface area (Å²) in [5, 5.41) is 11.7. The zero-order valence-electron chi connectivity index (χ0n) is 12.6. The number of rotatable bonds is 9. The summed E-state index contributed by atoms with van der Waals surface area (Å²) in [6.45, 7) is 1.50. The maximum Gasteiger partial charge on any atom is 0.304 e. The van der Waals surface area contributed by atoms with Crippen LogP contribution in [-0.2, 0) is 9.59 Å². The summed E-state index contributed by atoms with van der Waals surface area (Å²) in [5.74, 6) is -0.783. The molecule has 2 N–H and O–H groups in total. The zero-order chi connectivity index (χ0) is 15.1. The highest BCUT2D eigenvalue weighted by atomic mass is 16.4. The Kier molecular flexibility index (Phi) is 6.23. The Balaban J connectivity index is 1.64. The van der Waals surface area contributed by atoms with Crippen LogP contribution in [-0.4, -0.2) is 47.6 Å². The van der Waals surface area contributed by atoms with Gasteiger partial charge in [0.05, 0.1) is 13.0 Å². The molecule has 5 nitrogen and oxygen atoms in total. The van der Waals surface area contributed by atoms with Crippen LogP contribution >= 0.6 is 0 Å². The van der Waals surface area contributed by atoms with Crippen molar-refractivity contribution in [2.24, 2.45) is 0 Å². The average molecular weight is 294 g/mol. The first-order chi connectivity index (χ1) is 10.1. The molecule has 0 aromatic carbocycles. The van der Waals surface area contributed by atoms with Crippen LogP contribution in [0.5, 0.6) is 0 Å². The van der Waals surface area contributed by atoms with E-state index in [1.807, 2.05) is 4.90 Å². The Labute approximate surface area is 126 Å². The van der Waals surface area contributed by atoms with E-state index in [1.165, 1.54) is 31.3 Å². The Hall–Kier alpha value is -1.36. The summed E-state index contributed by atoms with van der Waals surface area (Å²) >= 11 is 0. The van der Waals surface area contributed by atoms with Crippen LogP contribution in [0.2, 0.25) is 0 Å². The average Bonchev–Trinajstić information content (AvgIpc) is 3.29. The second-order valence-corrected chi connectivity index (χ2v) is 6.05. The minimum absolute atomic E-state index is 0.0173. The van der Waals surface area contributed by atoms with E-state index in [4.69, 9.17) is 5.11 Å². The molecule has 2 aliphatic rings. The fraction of sp³-hybridized carbons (Fsp3) is 0.750. The predicted molar refractivity (Wildman–Crippen MR) is 81.0 cm³/mol. The Bertz CT molecular complexity index is 402. The van der Waals surface area contributed by atoms with Gasteiger partial charge < -0.3 is 10.4 Å². The summed E-state index contributed by atoms with van der Waals surface area (Å²) in [6.07, 6.45) is 10.4. The fourth-order valence-corrected chi connectivity index (χ4v) is 2.80. The number of carbonyl (C=O) groups is 2. The summed E-state index contributed by atoms with van der Waals surface area (Å²) < 4.78 is 0. The minimum Gasteiger partial charge on any atom is -0.481 e. The molecule has 0 unspecified atom stereocenters. The van der Waals surface area contributed by atoms with Gasteiger partial charge in [-0.15, -0.1) is 0 Å². The quantitative estimate of drug-likeness (QED) is 0.638. The number of hydrogen-bond donors (Lipinski definition) is 2. The number of carboxylic acid groups (broad SMARTS) is 1. The SMILES string of the molecule is O=C(O)CCN(CC(=O)NCCC1=CCCCC1)C1CC1. The molecular weight excluding hydrogens is 268 g/mol. The van der Waals surface area contributed by atoms with E-state index in [2.05, 4.69) is 11.4 Å². The number of amides is 1. The lowest BCUT2D eigenvalue weighted by Gasteiger charge is -2.20. The molecule has 2 rings (SSSR count). The first-order valence-corrected chi connectivity index (χ1v) is 8.05. The van der Waals surface area contributed by atoms with Crippen LogP contribution in [0.25, 0.3) is 0 Å². The third-order valence-electron chi connectivity index (χ3n) is 4.18. The molecule has 1 saturated carbocycles.